The molecule has 5 atom stereocenters. The maximum atomic E-state index is 14.1. The van der Waals surface area contributed by atoms with E-state index >= 15 is 0 Å². The second kappa shape index (κ2) is 7.72. The van der Waals surface area contributed by atoms with Gasteiger partial charge >= 0.3 is 0 Å². The Morgan fingerprint density at radius 3 is 2.44 bits per heavy atom. The predicted molar refractivity (Wildman–Crippen MR) is 122 cm³/mol. The van der Waals surface area contributed by atoms with Gasteiger partial charge in [0.25, 0.3) is 0 Å². The van der Waals surface area contributed by atoms with Crippen LogP contribution in [0.3, 0.4) is 0 Å². The first kappa shape index (κ1) is 20.5. The van der Waals surface area contributed by atoms with Crippen molar-refractivity contribution >= 4 is 11.8 Å². The van der Waals surface area contributed by atoms with E-state index in [2.05, 4.69) is 48.7 Å². The molecule has 1 N–H and O–H groups in total. The molecular weight excluding hydrogens is 400 g/mol. The van der Waals surface area contributed by atoms with E-state index in [4.69, 9.17) is 4.74 Å². The molecule has 2 aliphatic carbocycles. The monoisotopic (exact) mass is 434 g/mol. The molecule has 2 amide bonds. The highest BCUT2D eigenvalue weighted by molar-refractivity contribution is 5.97. The fourth-order valence-electron chi connectivity index (χ4n) is 7.18. The van der Waals surface area contributed by atoms with E-state index in [1.54, 1.807) is 0 Å². The third-order valence-electron chi connectivity index (χ3n) is 8.69. The zero-order valence-corrected chi connectivity index (χ0v) is 19.0. The lowest BCUT2D eigenvalue weighted by molar-refractivity contribution is -0.143. The molecule has 0 radical (unpaired) electrons. The van der Waals surface area contributed by atoms with Crippen molar-refractivity contribution in [1.29, 1.82) is 0 Å². The number of benzene rings is 1. The average molecular weight is 435 g/mol. The summed E-state index contributed by atoms with van der Waals surface area (Å²) in [5, 5.41) is 3.32. The zero-order valence-electron chi connectivity index (χ0n) is 19.0. The summed E-state index contributed by atoms with van der Waals surface area (Å²) in [4.78, 5) is 29.9. The van der Waals surface area contributed by atoms with Gasteiger partial charge in [-0.1, -0.05) is 74.1 Å². The third-order valence-corrected chi connectivity index (χ3v) is 8.69. The van der Waals surface area contributed by atoms with Crippen LogP contribution in [0.4, 0.5) is 0 Å². The largest absolute Gasteiger partial charge is 0.359 e. The number of hydrogen-bond acceptors (Lipinski definition) is 3. The van der Waals surface area contributed by atoms with E-state index in [1.165, 1.54) is 24.8 Å². The molecule has 2 saturated carbocycles. The number of ether oxygens (including phenoxy) is 1. The Bertz CT molecular complexity index is 929. The van der Waals surface area contributed by atoms with Gasteiger partial charge in [-0.25, -0.2) is 0 Å². The molecule has 4 fully saturated rings. The number of rotatable bonds is 4. The molecule has 5 aliphatic rings. The fraction of sp³-hybridized carbons (Fsp3) is 0.630. The summed E-state index contributed by atoms with van der Waals surface area (Å²) in [5.74, 6) is -0.223. The molecule has 5 nitrogen and oxygen atoms in total. The van der Waals surface area contributed by atoms with E-state index in [1.807, 2.05) is 4.90 Å². The van der Waals surface area contributed by atoms with E-state index in [0.29, 0.717) is 0 Å². The lowest BCUT2D eigenvalue weighted by Crippen LogP contribution is -2.58. The third kappa shape index (κ3) is 3.00. The highest BCUT2D eigenvalue weighted by atomic mass is 16.5. The highest BCUT2D eigenvalue weighted by Crippen LogP contribution is 2.59. The van der Waals surface area contributed by atoms with Gasteiger partial charge in [0.2, 0.25) is 11.8 Å². The van der Waals surface area contributed by atoms with Crippen molar-refractivity contribution in [2.75, 3.05) is 0 Å². The van der Waals surface area contributed by atoms with E-state index in [9.17, 15) is 9.59 Å². The molecule has 170 valence electrons. The minimum absolute atomic E-state index is 0.00632. The van der Waals surface area contributed by atoms with Crippen LogP contribution in [0.25, 0.3) is 0 Å². The van der Waals surface area contributed by atoms with Gasteiger partial charge in [-0.2, -0.15) is 0 Å². The van der Waals surface area contributed by atoms with Crippen LogP contribution in [0.5, 0.6) is 0 Å². The Balaban J connectivity index is 1.39. The molecular formula is C27H34N2O3. The maximum Gasteiger partial charge on any atom is 0.246 e. The molecule has 0 aromatic heterocycles. The number of aryl methyl sites for hydroxylation is 1. The highest BCUT2D eigenvalue weighted by Gasteiger charge is 2.72. The van der Waals surface area contributed by atoms with Crippen LogP contribution in [-0.2, 0) is 14.3 Å². The van der Waals surface area contributed by atoms with E-state index < -0.39 is 11.6 Å². The van der Waals surface area contributed by atoms with Crippen LogP contribution >= 0.6 is 0 Å². The first-order chi connectivity index (χ1) is 15.6. The summed E-state index contributed by atoms with van der Waals surface area (Å²) in [6.45, 7) is 2.08. The first-order valence-corrected chi connectivity index (χ1v) is 12.6. The van der Waals surface area contributed by atoms with Crippen molar-refractivity contribution in [1.82, 2.24) is 10.2 Å². The summed E-state index contributed by atoms with van der Waals surface area (Å²) in [6.07, 6.45) is 13.9. The molecule has 1 aromatic carbocycles. The topological polar surface area (TPSA) is 58.6 Å². The summed E-state index contributed by atoms with van der Waals surface area (Å²) >= 11 is 0. The van der Waals surface area contributed by atoms with Crippen molar-refractivity contribution in [2.24, 2.45) is 5.92 Å². The maximum absolute atomic E-state index is 14.1. The van der Waals surface area contributed by atoms with Gasteiger partial charge in [-0.15, -0.1) is 0 Å². The summed E-state index contributed by atoms with van der Waals surface area (Å²) < 4.78 is 6.64. The molecule has 5 heteroatoms. The van der Waals surface area contributed by atoms with Crippen LogP contribution < -0.4 is 5.32 Å². The summed E-state index contributed by atoms with van der Waals surface area (Å²) in [6, 6.07) is 8.31. The minimum Gasteiger partial charge on any atom is -0.359 e. The molecule has 2 saturated heterocycles. The van der Waals surface area contributed by atoms with Gasteiger partial charge in [0.1, 0.15) is 11.6 Å². The SMILES string of the molecule is Cc1ccc([C@@H]2[C@H]3C(=O)N(C4CCCCC4)[C@H](C(=O)NC4CCCC4)[C@]34C=C[C@H]2O4)cc1. The first-order valence-electron chi connectivity index (χ1n) is 12.6. The molecule has 2 bridgehead atoms. The number of likely N-dealkylation sites (tertiary alicyclic amines) is 1. The molecule has 3 aliphatic heterocycles. The van der Waals surface area contributed by atoms with Crippen molar-refractivity contribution in [3.8, 4) is 0 Å². The smallest absolute Gasteiger partial charge is 0.246 e. The number of hydrogen-bond donors (Lipinski definition) is 1. The second-order valence-electron chi connectivity index (χ2n) is 10.6. The average Bonchev–Trinajstić information content (AvgIpc) is 3.57. The van der Waals surface area contributed by atoms with Crippen LogP contribution in [0, 0.1) is 12.8 Å². The Labute approximate surface area is 190 Å². The van der Waals surface area contributed by atoms with Gasteiger partial charge in [0.05, 0.1) is 12.0 Å². The number of nitrogens with one attached hydrogen (secondary N) is 1. The molecule has 0 unspecified atom stereocenters. The Morgan fingerprint density at radius 2 is 1.72 bits per heavy atom. The Kier molecular flexibility index (Phi) is 4.94. The molecule has 1 spiro atoms. The van der Waals surface area contributed by atoms with Gasteiger partial charge < -0.3 is 15.0 Å². The zero-order chi connectivity index (χ0) is 21.9. The molecule has 3 heterocycles. The summed E-state index contributed by atoms with van der Waals surface area (Å²) in [5.41, 5.74) is 1.52. The number of fused-ring (bicyclic) bond motifs is 1. The van der Waals surface area contributed by atoms with Gasteiger partial charge in [-0.05, 0) is 38.2 Å². The van der Waals surface area contributed by atoms with Crippen molar-refractivity contribution in [2.45, 2.75) is 100 Å². The van der Waals surface area contributed by atoms with Crippen LogP contribution in [0.1, 0.15) is 74.8 Å². The molecule has 6 rings (SSSR count). The molecule has 1 aromatic rings. The minimum atomic E-state index is -0.836. The standard InChI is InChI=1S/C27H34N2O3/c1-17-11-13-18(14-12-17)22-21-15-16-27(32-21)23(22)26(31)29(20-9-3-2-4-10-20)24(27)25(30)28-19-7-5-6-8-19/h11-16,19-24H,2-10H2,1H3,(H,28,30)/t21-,22+,23+,24-,27+/m1/s1. The van der Waals surface area contributed by atoms with E-state index in [0.717, 1.165) is 44.1 Å². The fourth-order valence-corrected chi connectivity index (χ4v) is 7.18. The van der Waals surface area contributed by atoms with E-state index in [-0.39, 0.29) is 41.8 Å². The Hall–Kier alpha value is -2.14. The van der Waals surface area contributed by atoms with Gasteiger partial charge in [0, 0.05) is 18.0 Å². The van der Waals surface area contributed by atoms with Crippen molar-refractivity contribution < 1.29 is 14.3 Å². The number of nitrogens with zero attached hydrogens (tertiary/aromatic N) is 1. The second-order valence-corrected chi connectivity index (χ2v) is 10.6. The normalized spacial score (nSPS) is 36.8. The van der Waals surface area contributed by atoms with Gasteiger partial charge in [-0.3, -0.25) is 9.59 Å². The predicted octanol–water partition coefficient (Wildman–Crippen LogP) is 4.00. The number of amides is 2. The molecule has 32 heavy (non-hydrogen) atoms. The quantitative estimate of drug-likeness (QED) is 0.729. The summed E-state index contributed by atoms with van der Waals surface area (Å²) in [7, 11) is 0. The number of carbonyl (C=O) groups excluding carboxylic acids is 2. The lowest BCUT2D eigenvalue weighted by Gasteiger charge is -2.38. The Morgan fingerprint density at radius 1 is 1.03 bits per heavy atom. The van der Waals surface area contributed by atoms with Crippen LogP contribution in [0.15, 0.2) is 36.4 Å². The van der Waals surface area contributed by atoms with Gasteiger partial charge in [0.15, 0.2) is 0 Å². The van der Waals surface area contributed by atoms with Crippen LogP contribution in [0.2, 0.25) is 0 Å². The lowest BCUT2D eigenvalue weighted by atomic mass is 9.72. The van der Waals surface area contributed by atoms with Crippen molar-refractivity contribution in [3.05, 3.63) is 47.5 Å². The van der Waals surface area contributed by atoms with Crippen LogP contribution in [-0.4, -0.2) is 46.5 Å². The van der Waals surface area contributed by atoms with Crippen molar-refractivity contribution in [3.63, 3.8) is 0 Å². The number of carbonyl (C=O) groups is 2.